The highest BCUT2D eigenvalue weighted by atomic mass is 35.5. The fourth-order valence-corrected chi connectivity index (χ4v) is 3.48. The molecule has 0 amide bonds. The van der Waals surface area contributed by atoms with Crippen LogP contribution in [0.5, 0.6) is 0 Å². The summed E-state index contributed by atoms with van der Waals surface area (Å²) in [6, 6.07) is 13.9. The van der Waals surface area contributed by atoms with Crippen molar-refractivity contribution in [3.63, 3.8) is 0 Å². The Balaban J connectivity index is 1.81. The van der Waals surface area contributed by atoms with Gasteiger partial charge in [-0.1, -0.05) is 41.1 Å². The second kappa shape index (κ2) is 4.98. The minimum absolute atomic E-state index is 0.736. The van der Waals surface area contributed by atoms with E-state index in [4.69, 9.17) is 11.6 Å². The van der Waals surface area contributed by atoms with Crippen molar-refractivity contribution in [2.45, 2.75) is 0 Å². The van der Waals surface area contributed by atoms with E-state index < -0.39 is 0 Å². The van der Waals surface area contributed by atoms with Crippen molar-refractivity contribution in [3.05, 3.63) is 59.9 Å². The van der Waals surface area contributed by atoms with Crippen LogP contribution >= 0.6 is 22.9 Å². The van der Waals surface area contributed by atoms with E-state index in [2.05, 4.69) is 15.3 Å². The molecule has 0 spiro atoms. The maximum absolute atomic E-state index is 6.20. The van der Waals surface area contributed by atoms with Gasteiger partial charge in [-0.2, -0.15) is 0 Å². The third-order valence-electron chi connectivity index (χ3n) is 3.29. The monoisotopic (exact) mass is 311 g/mol. The molecule has 2 aromatic heterocycles. The Morgan fingerprint density at radius 3 is 2.86 bits per heavy atom. The highest BCUT2D eigenvalue weighted by molar-refractivity contribution is 7.22. The van der Waals surface area contributed by atoms with E-state index in [0.717, 1.165) is 36.8 Å². The Morgan fingerprint density at radius 2 is 1.95 bits per heavy atom. The molecule has 4 aromatic rings. The zero-order chi connectivity index (χ0) is 14.2. The lowest BCUT2D eigenvalue weighted by Gasteiger charge is -2.06. The lowest BCUT2D eigenvalue weighted by molar-refractivity contribution is 1.36. The molecular formula is C16H10ClN3S. The van der Waals surface area contributed by atoms with Crippen LogP contribution in [0, 0.1) is 0 Å². The van der Waals surface area contributed by atoms with Crippen LogP contribution in [-0.4, -0.2) is 9.97 Å². The minimum atomic E-state index is 0.736. The summed E-state index contributed by atoms with van der Waals surface area (Å²) in [7, 11) is 0. The third kappa shape index (κ3) is 2.22. The van der Waals surface area contributed by atoms with Gasteiger partial charge in [-0.05, 0) is 24.3 Å². The first-order chi connectivity index (χ1) is 10.3. The molecule has 4 rings (SSSR count). The molecule has 0 saturated carbocycles. The van der Waals surface area contributed by atoms with E-state index >= 15 is 0 Å². The maximum atomic E-state index is 6.20. The number of thiazole rings is 1. The van der Waals surface area contributed by atoms with E-state index in [0.29, 0.717) is 0 Å². The molecule has 2 aromatic carbocycles. The van der Waals surface area contributed by atoms with Gasteiger partial charge >= 0.3 is 0 Å². The third-order valence-corrected chi connectivity index (χ3v) is 4.74. The van der Waals surface area contributed by atoms with Gasteiger partial charge in [0.15, 0.2) is 5.13 Å². The smallest absolute Gasteiger partial charge is 0.188 e. The van der Waals surface area contributed by atoms with Gasteiger partial charge < -0.3 is 5.32 Å². The predicted octanol–water partition coefficient (Wildman–Crippen LogP) is 5.24. The molecule has 0 bridgehead atoms. The molecule has 0 aliphatic rings. The number of anilines is 2. The van der Waals surface area contributed by atoms with Crippen LogP contribution in [0.1, 0.15) is 0 Å². The number of nitrogens with one attached hydrogen (secondary N) is 1. The number of nitrogens with zero attached hydrogens (tertiary/aromatic N) is 2. The second-order valence-electron chi connectivity index (χ2n) is 4.63. The van der Waals surface area contributed by atoms with Crippen LogP contribution in [0.25, 0.3) is 21.0 Å². The number of rotatable bonds is 2. The molecule has 3 nitrogen and oxygen atoms in total. The molecule has 21 heavy (non-hydrogen) atoms. The van der Waals surface area contributed by atoms with Gasteiger partial charge in [0, 0.05) is 28.9 Å². The second-order valence-corrected chi connectivity index (χ2v) is 6.04. The molecule has 0 aliphatic heterocycles. The molecule has 1 N–H and O–H groups in total. The largest absolute Gasteiger partial charge is 0.331 e. The van der Waals surface area contributed by atoms with Crippen LogP contribution in [0.15, 0.2) is 54.9 Å². The van der Waals surface area contributed by atoms with Gasteiger partial charge in [0.2, 0.25) is 0 Å². The number of benzene rings is 2. The Morgan fingerprint density at radius 1 is 1.05 bits per heavy atom. The van der Waals surface area contributed by atoms with Gasteiger partial charge in [-0.15, -0.1) is 0 Å². The van der Waals surface area contributed by atoms with Crippen LogP contribution < -0.4 is 5.32 Å². The minimum Gasteiger partial charge on any atom is -0.331 e. The SMILES string of the molecule is Clc1cccc2nc(Nc3cccc4cnccc34)sc12. The first kappa shape index (κ1) is 12.6. The number of fused-ring (bicyclic) bond motifs is 2. The molecule has 0 atom stereocenters. The summed E-state index contributed by atoms with van der Waals surface area (Å²) in [5.41, 5.74) is 1.93. The highest BCUT2D eigenvalue weighted by Crippen LogP contribution is 2.34. The van der Waals surface area contributed by atoms with Crippen LogP contribution in [-0.2, 0) is 0 Å². The standard InChI is InChI=1S/C16H10ClN3S/c17-12-4-2-6-14-15(12)21-16(20-14)19-13-5-1-3-10-9-18-8-7-11(10)13/h1-9H,(H,19,20). The van der Waals surface area contributed by atoms with Crippen molar-refractivity contribution in [2.24, 2.45) is 0 Å². The van der Waals surface area contributed by atoms with Crippen LogP contribution in [0.3, 0.4) is 0 Å². The summed E-state index contributed by atoms with van der Waals surface area (Å²) < 4.78 is 1.00. The first-order valence-electron chi connectivity index (χ1n) is 6.46. The van der Waals surface area contributed by atoms with E-state index in [1.54, 1.807) is 17.5 Å². The molecule has 0 aliphatic carbocycles. The van der Waals surface area contributed by atoms with Crippen molar-refractivity contribution < 1.29 is 0 Å². The van der Waals surface area contributed by atoms with Gasteiger partial charge in [0.05, 0.1) is 15.2 Å². The average Bonchev–Trinajstić information content (AvgIpc) is 2.92. The lowest BCUT2D eigenvalue weighted by Crippen LogP contribution is -1.90. The van der Waals surface area contributed by atoms with Gasteiger partial charge in [0.1, 0.15) is 0 Å². The molecule has 0 saturated heterocycles. The topological polar surface area (TPSA) is 37.8 Å². The summed E-state index contributed by atoms with van der Waals surface area (Å²) in [5.74, 6) is 0. The number of aromatic nitrogens is 2. The van der Waals surface area contributed by atoms with Crippen molar-refractivity contribution in [1.29, 1.82) is 0 Å². The lowest BCUT2D eigenvalue weighted by atomic mass is 10.1. The first-order valence-corrected chi connectivity index (χ1v) is 7.65. The summed E-state index contributed by atoms with van der Waals surface area (Å²) in [5, 5.41) is 7.18. The average molecular weight is 312 g/mol. The van der Waals surface area contributed by atoms with Gasteiger partial charge in [-0.3, -0.25) is 4.98 Å². The zero-order valence-electron chi connectivity index (χ0n) is 10.9. The van der Waals surface area contributed by atoms with Crippen molar-refractivity contribution in [1.82, 2.24) is 9.97 Å². The fraction of sp³-hybridized carbons (Fsp3) is 0. The molecule has 0 radical (unpaired) electrons. The van der Waals surface area contributed by atoms with Crippen molar-refractivity contribution >= 4 is 54.7 Å². The number of pyridine rings is 1. The van der Waals surface area contributed by atoms with Gasteiger partial charge in [-0.25, -0.2) is 4.98 Å². The Kier molecular flexibility index (Phi) is 2.98. The van der Waals surface area contributed by atoms with Crippen LogP contribution in [0.2, 0.25) is 5.02 Å². The number of hydrogen-bond acceptors (Lipinski definition) is 4. The van der Waals surface area contributed by atoms with E-state index in [1.165, 1.54) is 0 Å². The number of halogens is 1. The van der Waals surface area contributed by atoms with E-state index in [9.17, 15) is 0 Å². The molecule has 2 heterocycles. The zero-order valence-corrected chi connectivity index (χ0v) is 12.4. The Hall–Kier alpha value is -2.17. The molecule has 102 valence electrons. The Labute approximate surface area is 130 Å². The summed E-state index contributed by atoms with van der Waals surface area (Å²) in [6.07, 6.45) is 3.65. The Bertz CT molecular complexity index is 943. The molecular weight excluding hydrogens is 302 g/mol. The molecule has 0 fully saturated rings. The molecule has 0 unspecified atom stereocenters. The van der Waals surface area contributed by atoms with Crippen LogP contribution in [0.4, 0.5) is 10.8 Å². The molecule has 5 heteroatoms. The summed E-state index contributed by atoms with van der Waals surface area (Å²) in [4.78, 5) is 8.73. The summed E-state index contributed by atoms with van der Waals surface area (Å²) in [6.45, 7) is 0. The van der Waals surface area contributed by atoms with E-state index in [1.807, 2.05) is 48.7 Å². The van der Waals surface area contributed by atoms with Crippen molar-refractivity contribution in [2.75, 3.05) is 5.32 Å². The quantitative estimate of drug-likeness (QED) is 0.550. The number of hydrogen-bond donors (Lipinski definition) is 1. The predicted molar refractivity (Wildman–Crippen MR) is 89.7 cm³/mol. The summed E-state index contributed by atoms with van der Waals surface area (Å²) >= 11 is 7.76. The van der Waals surface area contributed by atoms with Crippen molar-refractivity contribution in [3.8, 4) is 0 Å². The highest BCUT2D eigenvalue weighted by Gasteiger charge is 2.08. The fourth-order valence-electron chi connectivity index (χ4n) is 2.32. The van der Waals surface area contributed by atoms with E-state index in [-0.39, 0.29) is 0 Å². The normalized spacial score (nSPS) is 11.1. The maximum Gasteiger partial charge on any atom is 0.188 e. The van der Waals surface area contributed by atoms with Gasteiger partial charge in [0.25, 0.3) is 0 Å².